The molecule has 4 nitrogen and oxygen atoms in total. The lowest BCUT2D eigenvalue weighted by Crippen LogP contribution is -2.48. The van der Waals surface area contributed by atoms with Crippen LogP contribution in [-0.4, -0.2) is 42.3 Å². The first kappa shape index (κ1) is 18.1. The Bertz CT molecular complexity index is 579. The molecule has 3 rings (SSSR count). The van der Waals surface area contributed by atoms with Gasteiger partial charge in [0.25, 0.3) is 0 Å². The predicted octanol–water partition coefficient (Wildman–Crippen LogP) is 4.95. The van der Waals surface area contributed by atoms with Crippen LogP contribution in [0, 0.1) is 5.41 Å². The number of anilines is 1. The van der Waals surface area contributed by atoms with Crippen molar-refractivity contribution in [2.24, 2.45) is 5.41 Å². The number of benzene rings is 1. The van der Waals surface area contributed by atoms with Crippen LogP contribution in [0.2, 0.25) is 0 Å². The Hall–Kier alpha value is -1.71. The highest BCUT2D eigenvalue weighted by atomic mass is 16.4. The van der Waals surface area contributed by atoms with E-state index in [0.29, 0.717) is 24.4 Å². The molecule has 1 heterocycles. The highest BCUT2D eigenvalue weighted by Gasteiger charge is 2.34. The van der Waals surface area contributed by atoms with E-state index in [1.165, 1.54) is 54.7 Å². The molecule has 0 radical (unpaired) electrons. The molecular weight excluding hydrogens is 312 g/mol. The second-order valence-corrected chi connectivity index (χ2v) is 7.80. The van der Waals surface area contributed by atoms with E-state index in [4.69, 9.17) is 5.11 Å². The summed E-state index contributed by atoms with van der Waals surface area (Å²) in [6.45, 7) is 7.49. The van der Waals surface area contributed by atoms with E-state index in [9.17, 15) is 4.79 Å². The van der Waals surface area contributed by atoms with Crippen molar-refractivity contribution in [2.45, 2.75) is 58.3 Å². The van der Waals surface area contributed by atoms with Crippen molar-refractivity contribution in [1.82, 2.24) is 4.90 Å². The zero-order chi connectivity index (χ0) is 17.9. The van der Waals surface area contributed by atoms with E-state index >= 15 is 0 Å². The summed E-state index contributed by atoms with van der Waals surface area (Å²) in [6.07, 6.45) is 7.05. The molecule has 25 heavy (non-hydrogen) atoms. The Morgan fingerprint density at radius 2 is 1.68 bits per heavy atom. The third kappa shape index (κ3) is 3.78. The van der Waals surface area contributed by atoms with Crippen molar-refractivity contribution in [3.63, 3.8) is 0 Å². The van der Waals surface area contributed by atoms with Crippen LogP contribution in [0.4, 0.5) is 10.5 Å². The van der Waals surface area contributed by atoms with Crippen molar-refractivity contribution in [3.8, 4) is 0 Å². The molecule has 0 bridgehead atoms. The summed E-state index contributed by atoms with van der Waals surface area (Å²) < 4.78 is 0. The Balaban J connectivity index is 1.71. The van der Waals surface area contributed by atoms with Crippen LogP contribution in [0.3, 0.4) is 0 Å². The van der Waals surface area contributed by atoms with Crippen molar-refractivity contribution < 1.29 is 9.90 Å². The van der Waals surface area contributed by atoms with Crippen LogP contribution >= 0.6 is 0 Å². The first-order valence-corrected chi connectivity index (χ1v) is 9.90. The van der Waals surface area contributed by atoms with Gasteiger partial charge in [-0.05, 0) is 48.6 Å². The van der Waals surface area contributed by atoms with E-state index in [2.05, 4.69) is 43.0 Å². The topological polar surface area (TPSA) is 43.8 Å². The molecule has 1 aromatic carbocycles. The zero-order valence-electron chi connectivity index (χ0n) is 15.7. The second-order valence-electron chi connectivity index (χ2n) is 7.80. The van der Waals surface area contributed by atoms with Crippen LogP contribution in [0.15, 0.2) is 24.3 Å². The molecule has 2 fully saturated rings. The molecule has 1 saturated carbocycles. The lowest BCUT2D eigenvalue weighted by Gasteiger charge is -2.41. The van der Waals surface area contributed by atoms with Crippen LogP contribution in [0.5, 0.6) is 0 Å². The molecule has 0 aromatic heterocycles. The van der Waals surface area contributed by atoms with Gasteiger partial charge in [0.15, 0.2) is 0 Å². The largest absolute Gasteiger partial charge is 0.465 e. The van der Waals surface area contributed by atoms with Gasteiger partial charge in [0.1, 0.15) is 0 Å². The summed E-state index contributed by atoms with van der Waals surface area (Å²) in [6, 6.07) is 8.81. The van der Waals surface area contributed by atoms with Gasteiger partial charge < -0.3 is 14.9 Å². The lowest BCUT2D eigenvalue weighted by atomic mass is 9.66. The summed E-state index contributed by atoms with van der Waals surface area (Å²) in [5, 5.41) is 9.16. The summed E-state index contributed by atoms with van der Waals surface area (Å²) in [5.41, 5.74) is 3.38. The van der Waals surface area contributed by atoms with E-state index in [-0.39, 0.29) is 0 Å². The highest BCUT2D eigenvalue weighted by molar-refractivity contribution is 5.66. The van der Waals surface area contributed by atoms with Gasteiger partial charge in [-0.2, -0.15) is 0 Å². The standard InChI is InChI=1S/C21H32N2O2/c1-3-21(4-2)11-9-17(10-12-21)18-7-5-6-8-19(18)22-13-15-23(16-14-22)20(24)25/h5-8,17H,3-4,9-16H2,1-2H3,(H,24,25). The Labute approximate surface area is 151 Å². The Morgan fingerprint density at radius 1 is 1.08 bits per heavy atom. The molecule has 0 unspecified atom stereocenters. The summed E-state index contributed by atoms with van der Waals surface area (Å²) in [7, 11) is 0. The molecule has 1 aliphatic heterocycles. The van der Waals surface area contributed by atoms with Gasteiger partial charge >= 0.3 is 6.09 Å². The zero-order valence-corrected chi connectivity index (χ0v) is 15.7. The molecule has 1 aliphatic carbocycles. The van der Waals surface area contributed by atoms with Gasteiger partial charge in [-0.15, -0.1) is 0 Å². The maximum atomic E-state index is 11.1. The van der Waals surface area contributed by atoms with Crippen LogP contribution in [-0.2, 0) is 0 Å². The maximum Gasteiger partial charge on any atom is 0.407 e. The van der Waals surface area contributed by atoms with E-state index < -0.39 is 6.09 Å². The quantitative estimate of drug-likeness (QED) is 0.840. The fraction of sp³-hybridized carbons (Fsp3) is 0.667. The number of carboxylic acid groups (broad SMARTS) is 1. The molecule has 1 aromatic rings. The van der Waals surface area contributed by atoms with Gasteiger partial charge in [0.05, 0.1) is 0 Å². The molecule has 0 spiro atoms. The van der Waals surface area contributed by atoms with Crippen LogP contribution < -0.4 is 4.90 Å². The normalized spacial score (nSPS) is 21.4. The second kappa shape index (κ2) is 7.67. The summed E-state index contributed by atoms with van der Waals surface area (Å²) in [4.78, 5) is 15.0. The van der Waals surface area contributed by atoms with Crippen molar-refractivity contribution in [3.05, 3.63) is 29.8 Å². The number of amides is 1. The number of para-hydroxylation sites is 1. The number of piperazine rings is 1. The number of hydrogen-bond donors (Lipinski definition) is 1. The Kier molecular flexibility index (Phi) is 5.55. The lowest BCUT2D eigenvalue weighted by molar-refractivity contribution is 0.142. The number of hydrogen-bond acceptors (Lipinski definition) is 2. The van der Waals surface area contributed by atoms with Crippen molar-refractivity contribution in [1.29, 1.82) is 0 Å². The van der Waals surface area contributed by atoms with E-state index in [1.54, 1.807) is 0 Å². The van der Waals surface area contributed by atoms with Crippen molar-refractivity contribution in [2.75, 3.05) is 31.1 Å². The number of carbonyl (C=O) groups is 1. The van der Waals surface area contributed by atoms with E-state index in [1.807, 2.05) is 0 Å². The monoisotopic (exact) mass is 344 g/mol. The SMILES string of the molecule is CCC1(CC)CCC(c2ccccc2N2CCN(C(=O)O)CC2)CC1. The minimum Gasteiger partial charge on any atom is -0.465 e. The minimum atomic E-state index is -0.796. The average molecular weight is 344 g/mol. The Morgan fingerprint density at radius 3 is 2.24 bits per heavy atom. The van der Waals surface area contributed by atoms with Crippen molar-refractivity contribution >= 4 is 11.8 Å². The fourth-order valence-electron chi connectivity index (χ4n) is 4.76. The molecule has 0 atom stereocenters. The maximum absolute atomic E-state index is 11.1. The van der Waals surface area contributed by atoms with Gasteiger partial charge in [-0.3, -0.25) is 0 Å². The number of nitrogens with zero attached hydrogens (tertiary/aromatic N) is 2. The third-order valence-corrected chi connectivity index (χ3v) is 6.81. The highest BCUT2D eigenvalue weighted by Crippen LogP contribution is 2.48. The van der Waals surface area contributed by atoms with Gasteiger partial charge in [0.2, 0.25) is 0 Å². The number of rotatable bonds is 4. The first-order valence-electron chi connectivity index (χ1n) is 9.90. The molecule has 1 amide bonds. The van der Waals surface area contributed by atoms with Crippen LogP contribution in [0.1, 0.15) is 63.9 Å². The molecule has 4 heteroatoms. The molecule has 1 N–H and O–H groups in total. The smallest absolute Gasteiger partial charge is 0.407 e. The minimum absolute atomic E-state index is 0.568. The van der Waals surface area contributed by atoms with E-state index in [0.717, 1.165) is 13.1 Å². The van der Waals surface area contributed by atoms with Gasteiger partial charge in [-0.1, -0.05) is 44.9 Å². The first-order chi connectivity index (χ1) is 12.1. The molecule has 138 valence electrons. The van der Waals surface area contributed by atoms with Crippen LogP contribution in [0.25, 0.3) is 0 Å². The molecular formula is C21H32N2O2. The predicted molar refractivity (Wildman–Crippen MR) is 102 cm³/mol. The average Bonchev–Trinajstić information content (AvgIpc) is 2.68. The summed E-state index contributed by atoms with van der Waals surface area (Å²) in [5.74, 6) is 0.653. The van der Waals surface area contributed by atoms with Gasteiger partial charge in [-0.25, -0.2) is 4.79 Å². The van der Waals surface area contributed by atoms with Gasteiger partial charge in [0, 0.05) is 31.9 Å². The molecule has 1 saturated heterocycles. The fourth-order valence-corrected chi connectivity index (χ4v) is 4.76. The molecule has 2 aliphatic rings. The summed E-state index contributed by atoms with van der Waals surface area (Å²) >= 11 is 0. The third-order valence-electron chi connectivity index (χ3n) is 6.81.